The molecule has 0 aromatic heterocycles. The molecule has 3 nitrogen and oxygen atoms in total. The Morgan fingerprint density at radius 3 is 2.58 bits per heavy atom. The highest BCUT2D eigenvalue weighted by molar-refractivity contribution is 5.69. The van der Waals surface area contributed by atoms with Gasteiger partial charge in [-0.3, -0.25) is 4.79 Å². The summed E-state index contributed by atoms with van der Waals surface area (Å²) in [5.74, 6) is -0.294. The summed E-state index contributed by atoms with van der Waals surface area (Å²) in [4.78, 5) is 10.9. The van der Waals surface area contributed by atoms with Gasteiger partial charge in [0.15, 0.2) is 0 Å². The quantitative estimate of drug-likeness (QED) is 0.620. The second-order valence-electron chi connectivity index (χ2n) is 2.87. The molecule has 72 valence electrons. The molecule has 0 aliphatic heterocycles. The van der Waals surface area contributed by atoms with E-state index in [4.69, 9.17) is 4.74 Å². The van der Waals surface area contributed by atoms with Crippen molar-refractivity contribution in [2.45, 2.75) is 45.6 Å². The van der Waals surface area contributed by atoms with Crippen molar-refractivity contribution in [2.24, 2.45) is 0 Å². The average Bonchev–Trinajstić information content (AvgIpc) is 2.01. The second-order valence-corrected chi connectivity index (χ2v) is 2.87. The molecule has 12 heavy (non-hydrogen) atoms. The van der Waals surface area contributed by atoms with Gasteiger partial charge >= 0.3 is 5.97 Å². The number of carbonyl (C=O) groups is 1. The fourth-order valence-electron chi connectivity index (χ4n) is 0.902. The van der Waals surface area contributed by atoms with E-state index in [1.54, 1.807) is 0 Å². The van der Waals surface area contributed by atoms with Gasteiger partial charge in [-0.1, -0.05) is 20.3 Å². The molecule has 0 aliphatic rings. The molecule has 0 saturated heterocycles. The molecule has 0 aromatic rings. The normalized spacial score (nSPS) is 12.6. The topological polar surface area (TPSA) is 46.5 Å². The van der Waals surface area contributed by atoms with Crippen molar-refractivity contribution in [3.05, 3.63) is 0 Å². The third kappa shape index (κ3) is 6.16. The van der Waals surface area contributed by atoms with E-state index in [9.17, 15) is 9.90 Å². The van der Waals surface area contributed by atoms with E-state index in [1.807, 2.05) is 13.8 Å². The van der Waals surface area contributed by atoms with Crippen molar-refractivity contribution in [3.8, 4) is 0 Å². The predicted octanol–water partition coefficient (Wildman–Crippen LogP) is 1.49. The lowest BCUT2D eigenvalue weighted by Crippen LogP contribution is -2.15. The van der Waals surface area contributed by atoms with Crippen molar-refractivity contribution in [2.75, 3.05) is 6.61 Å². The molecule has 0 radical (unpaired) electrons. The summed E-state index contributed by atoms with van der Waals surface area (Å²) < 4.78 is 4.81. The Bertz CT molecular complexity index is 123. The lowest BCUT2D eigenvalue weighted by atomic mass is 10.1. The first-order valence-corrected chi connectivity index (χ1v) is 4.54. The summed E-state index contributed by atoms with van der Waals surface area (Å²) in [6, 6.07) is 0. The fourth-order valence-corrected chi connectivity index (χ4v) is 0.902. The Hall–Kier alpha value is -0.570. The smallest absolute Gasteiger partial charge is 0.308 e. The molecule has 1 N–H and O–H groups in total. The first-order chi connectivity index (χ1) is 5.70. The molecule has 1 atom stereocenters. The predicted molar refractivity (Wildman–Crippen MR) is 46.8 cm³/mol. The van der Waals surface area contributed by atoms with Crippen LogP contribution in [0.3, 0.4) is 0 Å². The van der Waals surface area contributed by atoms with E-state index in [0.29, 0.717) is 13.0 Å². The third-order valence-electron chi connectivity index (χ3n) is 1.49. The van der Waals surface area contributed by atoms with Crippen molar-refractivity contribution in [1.29, 1.82) is 0 Å². The third-order valence-corrected chi connectivity index (χ3v) is 1.49. The van der Waals surface area contributed by atoms with Gasteiger partial charge in [-0.05, 0) is 12.8 Å². The molecule has 0 aliphatic carbocycles. The molecule has 0 amide bonds. The number of hydrogen-bond acceptors (Lipinski definition) is 3. The van der Waals surface area contributed by atoms with E-state index in [2.05, 4.69) is 0 Å². The lowest BCUT2D eigenvalue weighted by Gasteiger charge is -2.07. The maximum atomic E-state index is 10.9. The van der Waals surface area contributed by atoms with E-state index in [1.165, 1.54) is 0 Å². The molecular formula is C9H18O3. The number of hydrogen-bond donors (Lipinski definition) is 1. The Morgan fingerprint density at radius 1 is 1.42 bits per heavy atom. The van der Waals surface area contributed by atoms with E-state index in [0.717, 1.165) is 12.8 Å². The van der Waals surface area contributed by atoms with Crippen LogP contribution in [0, 0.1) is 0 Å². The van der Waals surface area contributed by atoms with Gasteiger partial charge in [0, 0.05) is 0 Å². The van der Waals surface area contributed by atoms with Gasteiger partial charge in [-0.15, -0.1) is 0 Å². The van der Waals surface area contributed by atoms with E-state index in [-0.39, 0.29) is 12.4 Å². The molecule has 3 heteroatoms. The number of carbonyl (C=O) groups excluding carboxylic acids is 1. The number of aliphatic hydroxyl groups is 1. The highest BCUT2D eigenvalue weighted by Crippen LogP contribution is 2.02. The van der Waals surface area contributed by atoms with Crippen LogP contribution in [0.15, 0.2) is 0 Å². The zero-order valence-corrected chi connectivity index (χ0v) is 7.88. The summed E-state index contributed by atoms with van der Waals surface area (Å²) in [6.07, 6.45) is 1.99. The summed E-state index contributed by atoms with van der Waals surface area (Å²) in [5, 5.41) is 9.22. The van der Waals surface area contributed by atoms with Crippen LogP contribution in [-0.2, 0) is 9.53 Å². The number of rotatable bonds is 6. The van der Waals surface area contributed by atoms with Crippen molar-refractivity contribution >= 4 is 5.97 Å². The summed E-state index contributed by atoms with van der Waals surface area (Å²) in [5.41, 5.74) is 0. The Balaban J connectivity index is 3.40. The molecule has 0 spiro atoms. The number of esters is 1. The molecule has 0 saturated carbocycles. The zero-order chi connectivity index (χ0) is 9.40. The van der Waals surface area contributed by atoms with Crippen LogP contribution in [0.4, 0.5) is 0 Å². The van der Waals surface area contributed by atoms with Crippen molar-refractivity contribution in [1.82, 2.24) is 0 Å². The van der Waals surface area contributed by atoms with Crippen LogP contribution >= 0.6 is 0 Å². The molecule has 0 bridgehead atoms. The minimum atomic E-state index is -0.528. The van der Waals surface area contributed by atoms with Gasteiger partial charge < -0.3 is 9.84 Å². The van der Waals surface area contributed by atoms with Crippen LogP contribution in [0.5, 0.6) is 0 Å². The van der Waals surface area contributed by atoms with Crippen LogP contribution in [-0.4, -0.2) is 23.8 Å². The van der Waals surface area contributed by atoms with Gasteiger partial charge in [0.05, 0.1) is 19.1 Å². The van der Waals surface area contributed by atoms with Crippen LogP contribution in [0.25, 0.3) is 0 Å². The monoisotopic (exact) mass is 174 g/mol. The summed E-state index contributed by atoms with van der Waals surface area (Å²) in [6.45, 7) is 4.37. The molecule has 0 rings (SSSR count). The number of ether oxygens (including phenoxy) is 1. The molecular weight excluding hydrogens is 156 g/mol. The van der Waals surface area contributed by atoms with Gasteiger partial charge in [0.25, 0.3) is 0 Å². The number of aliphatic hydroxyl groups excluding tert-OH is 1. The highest BCUT2D eigenvalue weighted by Gasteiger charge is 2.09. The Kier molecular flexibility index (Phi) is 6.76. The highest BCUT2D eigenvalue weighted by atomic mass is 16.5. The maximum absolute atomic E-state index is 10.9. The van der Waals surface area contributed by atoms with Crippen molar-refractivity contribution < 1.29 is 14.6 Å². The zero-order valence-electron chi connectivity index (χ0n) is 7.88. The molecule has 0 fully saturated rings. The minimum Gasteiger partial charge on any atom is -0.466 e. The van der Waals surface area contributed by atoms with Gasteiger partial charge in [-0.25, -0.2) is 0 Å². The Labute approximate surface area is 73.7 Å². The maximum Gasteiger partial charge on any atom is 0.308 e. The average molecular weight is 174 g/mol. The standard InChI is InChI=1S/C9H18O3/c1-3-5-8(10)7-9(11)12-6-4-2/h8,10H,3-7H2,1-2H3. The van der Waals surface area contributed by atoms with E-state index < -0.39 is 6.10 Å². The minimum absolute atomic E-state index is 0.133. The first-order valence-electron chi connectivity index (χ1n) is 4.54. The molecule has 0 heterocycles. The fraction of sp³-hybridized carbons (Fsp3) is 0.889. The van der Waals surface area contributed by atoms with Crippen molar-refractivity contribution in [3.63, 3.8) is 0 Å². The summed E-state index contributed by atoms with van der Waals surface area (Å²) in [7, 11) is 0. The lowest BCUT2D eigenvalue weighted by molar-refractivity contribution is -0.145. The SMILES string of the molecule is CCCOC(=O)CC(O)CCC. The largest absolute Gasteiger partial charge is 0.466 e. The van der Waals surface area contributed by atoms with Crippen LogP contribution in [0.1, 0.15) is 39.5 Å². The van der Waals surface area contributed by atoms with E-state index >= 15 is 0 Å². The summed E-state index contributed by atoms with van der Waals surface area (Å²) >= 11 is 0. The van der Waals surface area contributed by atoms with Crippen LogP contribution < -0.4 is 0 Å². The molecule has 1 unspecified atom stereocenters. The first kappa shape index (κ1) is 11.4. The van der Waals surface area contributed by atoms with Gasteiger partial charge in [0.1, 0.15) is 0 Å². The second kappa shape index (κ2) is 7.10. The van der Waals surface area contributed by atoms with Gasteiger partial charge in [-0.2, -0.15) is 0 Å². The van der Waals surface area contributed by atoms with Crippen LogP contribution in [0.2, 0.25) is 0 Å². The Morgan fingerprint density at radius 2 is 2.08 bits per heavy atom. The van der Waals surface area contributed by atoms with Gasteiger partial charge in [0.2, 0.25) is 0 Å². The molecule has 0 aromatic carbocycles.